The minimum absolute atomic E-state index is 0.725. The SMILES string of the molecule is C\C=C(/C=C\C(C=O)=C/C)CC. The van der Waals surface area contributed by atoms with Crippen LogP contribution >= 0.6 is 0 Å². The largest absolute Gasteiger partial charge is 0.298 e. The molecule has 0 aliphatic rings. The van der Waals surface area contributed by atoms with Gasteiger partial charge in [0.2, 0.25) is 0 Å². The first-order valence-corrected chi connectivity index (χ1v) is 4.23. The summed E-state index contributed by atoms with van der Waals surface area (Å²) in [4.78, 5) is 10.4. The summed E-state index contributed by atoms with van der Waals surface area (Å²) in [5.41, 5.74) is 1.97. The zero-order chi connectivity index (χ0) is 9.40. The molecular formula is C11H16O. The number of hydrogen-bond acceptors (Lipinski definition) is 1. The highest BCUT2D eigenvalue weighted by atomic mass is 16.1. The van der Waals surface area contributed by atoms with E-state index in [4.69, 9.17) is 0 Å². The van der Waals surface area contributed by atoms with E-state index in [0.29, 0.717) is 0 Å². The molecule has 0 heterocycles. The summed E-state index contributed by atoms with van der Waals surface area (Å²) in [6.07, 6.45) is 9.53. The molecule has 0 aromatic heterocycles. The first kappa shape index (κ1) is 10.9. The first-order valence-electron chi connectivity index (χ1n) is 4.23. The Morgan fingerprint density at radius 3 is 2.17 bits per heavy atom. The summed E-state index contributed by atoms with van der Waals surface area (Å²) in [7, 11) is 0. The van der Waals surface area contributed by atoms with E-state index in [2.05, 4.69) is 13.0 Å². The average molecular weight is 164 g/mol. The van der Waals surface area contributed by atoms with Crippen LogP contribution in [0.15, 0.2) is 35.5 Å². The second-order valence-corrected chi connectivity index (χ2v) is 2.46. The fourth-order valence-corrected chi connectivity index (χ4v) is 0.825. The van der Waals surface area contributed by atoms with Gasteiger partial charge < -0.3 is 0 Å². The summed E-state index contributed by atoms with van der Waals surface area (Å²) in [5, 5.41) is 0. The van der Waals surface area contributed by atoms with Crippen molar-refractivity contribution < 1.29 is 4.79 Å². The van der Waals surface area contributed by atoms with Crippen LogP contribution in [0.1, 0.15) is 27.2 Å². The van der Waals surface area contributed by atoms with Gasteiger partial charge in [-0.05, 0) is 20.3 Å². The van der Waals surface area contributed by atoms with Crippen molar-refractivity contribution >= 4 is 6.29 Å². The average Bonchev–Trinajstić information content (AvgIpc) is 2.13. The molecule has 0 rings (SSSR count). The lowest BCUT2D eigenvalue weighted by molar-refractivity contribution is -0.104. The van der Waals surface area contributed by atoms with E-state index >= 15 is 0 Å². The molecule has 12 heavy (non-hydrogen) atoms. The Morgan fingerprint density at radius 1 is 1.17 bits per heavy atom. The molecule has 0 spiro atoms. The van der Waals surface area contributed by atoms with E-state index in [-0.39, 0.29) is 0 Å². The molecule has 0 aliphatic carbocycles. The second-order valence-electron chi connectivity index (χ2n) is 2.46. The van der Waals surface area contributed by atoms with Gasteiger partial charge in [0, 0.05) is 5.57 Å². The normalized spacial score (nSPS) is 13.9. The third kappa shape index (κ3) is 3.91. The van der Waals surface area contributed by atoms with Crippen molar-refractivity contribution in [2.45, 2.75) is 27.2 Å². The molecule has 1 heteroatoms. The third-order valence-corrected chi connectivity index (χ3v) is 1.74. The molecule has 0 saturated carbocycles. The number of hydrogen-bond donors (Lipinski definition) is 0. The lowest BCUT2D eigenvalue weighted by Crippen LogP contribution is -1.78. The molecule has 0 fully saturated rings. The Balaban J connectivity index is 4.31. The smallest absolute Gasteiger partial charge is 0.149 e. The van der Waals surface area contributed by atoms with Crippen molar-refractivity contribution in [1.82, 2.24) is 0 Å². The number of rotatable bonds is 4. The zero-order valence-electron chi connectivity index (χ0n) is 8.00. The Hall–Kier alpha value is -1.11. The Morgan fingerprint density at radius 2 is 1.83 bits per heavy atom. The molecule has 66 valence electrons. The summed E-state index contributed by atoms with van der Waals surface area (Å²) in [5.74, 6) is 0. The molecule has 0 unspecified atom stereocenters. The number of allylic oxidation sites excluding steroid dienone is 6. The highest BCUT2D eigenvalue weighted by Gasteiger charge is 1.87. The van der Waals surface area contributed by atoms with Crippen molar-refractivity contribution in [3.05, 3.63) is 35.5 Å². The van der Waals surface area contributed by atoms with Crippen molar-refractivity contribution in [3.63, 3.8) is 0 Å². The molecule has 0 atom stereocenters. The molecular weight excluding hydrogens is 148 g/mol. The van der Waals surface area contributed by atoms with Gasteiger partial charge >= 0.3 is 0 Å². The minimum atomic E-state index is 0.725. The van der Waals surface area contributed by atoms with Gasteiger partial charge in [0.1, 0.15) is 6.29 Å². The van der Waals surface area contributed by atoms with E-state index in [0.717, 1.165) is 18.3 Å². The van der Waals surface area contributed by atoms with E-state index in [1.807, 2.05) is 26.0 Å². The molecule has 0 radical (unpaired) electrons. The maximum atomic E-state index is 10.4. The van der Waals surface area contributed by atoms with Gasteiger partial charge in [-0.3, -0.25) is 4.79 Å². The fraction of sp³-hybridized carbons (Fsp3) is 0.364. The lowest BCUT2D eigenvalue weighted by Gasteiger charge is -1.93. The van der Waals surface area contributed by atoms with E-state index in [1.165, 1.54) is 5.57 Å². The monoisotopic (exact) mass is 164 g/mol. The summed E-state index contributed by atoms with van der Waals surface area (Å²) >= 11 is 0. The third-order valence-electron chi connectivity index (χ3n) is 1.74. The van der Waals surface area contributed by atoms with Crippen LogP contribution in [-0.2, 0) is 4.79 Å². The van der Waals surface area contributed by atoms with Gasteiger partial charge in [-0.25, -0.2) is 0 Å². The number of carbonyl (C=O) groups is 1. The quantitative estimate of drug-likeness (QED) is 0.354. The van der Waals surface area contributed by atoms with Crippen LogP contribution in [0.3, 0.4) is 0 Å². The van der Waals surface area contributed by atoms with Crippen molar-refractivity contribution in [1.29, 1.82) is 0 Å². The fourth-order valence-electron chi connectivity index (χ4n) is 0.825. The first-order chi connectivity index (χ1) is 5.78. The molecule has 1 nitrogen and oxygen atoms in total. The summed E-state index contributed by atoms with van der Waals surface area (Å²) in [6.45, 7) is 5.95. The molecule has 0 aromatic rings. The van der Waals surface area contributed by atoms with Crippen LogP contribution in [0.2, 0.25) is 0 Å². The van der Waals surface area contributed by atoms with Gasteiger partial charge in [0.25, 0.3) is 0 Å². The van der Waals surface area contributed by atoms with Crippen LogP contribution in [0.5, 0.6) is 0 Å². The molecule has 0 bridgehead atoms. The predicted octanol–water partition coefficient (Wildman–Crippen LogP) is 3.04. The zero-order valence-corrected chi connectivity index (χ0v) is 8.00. The standard InChI is InChI=1S/C11H16O/c1-4-10(5-2)7-8-11(6-3)9-12/h4,6-9H,5H2,1-3H3/b8-7-,10-4-,11-6+. The summed E-state index contributed by atoms with van der Waals surface area (Å²) in [6, 6.07) is 0. The second kappa shape index (κ2) is 6.59. The van der Waals surface area contributed by atoms with E-state index in [9.17, 15) is 4.79 Å². The maximum Gasteiger partial charge on any atom is 0.149 e. The number of aldehydes is 1. The predicted molar refractivity (Wildman–Crippen MR) is 53.0 cm³/mol. The topological polar surface area (TPSA) is 17.1 Å². The van der Waals surface area contributed by atoms with Gasteiger partial charge in [-0.15, -0.1) is 0 Å². The highest BCUT2D eigenvalue weighted by molar-refractivity contribution is 5.77. The van der Waals surface area contributed by atoms with Crippen LogP contribution in [-0.4, -0.2) is 6.29 Å². The Labute approximate surface area is 74.5 Å². The highest BCUT2D eigenvalue weighted by Crippen LogP contribution is 2.03. The molecule has 0 saturated heterocycles. The molecule has 0 aromatic carbocycles. The van der Waals surface area contributed by atoms with Crippen LogP contribution < -0.4 is 0 Å². The van der Waals surface area contributed by atoms with E-state index < -0.39 is 0 Å². The van der Waals surface area contributed by atoms with E-state index in [1.54, 1.807) is 6.08 Å². The van der Waals surface area contributed by atoms with Crippen molar-refractivity contribution in [2.75, 3.05) is 0 Å². The summed E-state index contributed by atoms with van der Waals surface area (Å²) < 4.78 is 0. The Kier molecular flexibility index (Phi) is 5.98. The Bertz CT molecular complexity index is 219. The molecule has 0 N–H and O–H groups in total. The van der Waals surface area contributed by atoms with Gasteiger partial charge in [0.15, 0.2) is 0 Å². The van der Waals surface area contributed by atoms with Crippen molar-refractivity contribution in [3.8, 4) is 0 Å². The van der Waals surface area contributed by atoms with Crippen LogP contribution in [0.25, 0.3) is 0 Å². The van der Waals surface area contributed by atoms with Crippen LogP contribution in [0.4, 0.5) is 0 Å². The lowest BCUT2D eigenvalue weighted by atomic mass is 10.1. The van der Waals surface area contributed by atoms with Crippen molar-refractivity contribution in [2.24, 2.45) is 0 Å². The number of carbonyl (C=O) groups excluding carboxylic acids is 1. The van der Waals surface area contributed by atoms with Gasteiger partial charge in [-0.1, -0.05) is 36.8 Å². The van der Waals surface area contributed by atoms with Crippen LogP contribution in [0, 0.1) is 0 Å². The molecule has 0 aliphatic heterocycles. The van der Waals surface area contributed by atoms with Gasteiger partial charge in [-0.2, -0.15) is 0 Å². The molecule has 0 amide bonds. The van der Waals surface area contributed by atoms with Gasteiger partial charge in [0.05, 0.1) is 0 Å². The maximum absolute atomic E-state index is 10.4. The minimum Gasteiger partial charge on any atom is -0.298 e.